The smallest absolute Gasteiger partial charge is 0.225 e. The number of amides is 1. The summed E-state index contributed by atoms with van der Waals surface area (Å²) in [5.41, 5.74) is 3.41. The molecule has 4 fully saturated rings. The Morgan fingerprint density at radius 1 is 1.18 bits per heavy atom. The molecular formula is C27H34N4O2. The molecule has 7 rings (SSSR count). The number of hydrogen-bond acceptors (Lipinski definition) is 4. The number of likely N-dealkylation sites (tertiary alicyclic amines) is 1. The van der Waals surface area contributed by atoms with Gasteiger partial charge in [0.1, 0.15) is 11.6 Å². The Bertz CT molecular complexity index is 1130. The molecule has 4 heterocycles. The van der Waals surface area contributed by atoms with Gasteiger partial charge in [-0.15, -0.1) is 0 Å². The third-order valence-corrected chi connectivity index (χ3v) is 9.17. The minimum absolute atomic E-state index is 0.251. The van der Waals surface area contributed by atoms with Crippen LogP contribution in [-0.4, -0.2) is 45.5 Å². The maximum absolute atomic E-state index is 12.9. The molecule has 1 N–H and O–H groups in total. The van der Waals surface area contributed by atoms with Crippen LogP contribution in [0, 0.1) is 11.8 Å². The Labute approximate surface area is 195 Å². The van der Waals surface area contributed by atoms with Gasteiger partial charge in [0.25, 0.3) is 0 Å². The molecule has 3 atom stereocenters. The second kappa shape index (κ2) is 6.84. The molecule has 1 unspecified atom stereocenters. The van der Waals surface area contributed by atoms with Crippen molar-refractivity contribution in [2.24, 2.45) is 18.9 Å². The van der Waals surface area contributed by atoms with Crippen LogP contribution in [0.4, 0.5) is 0 Å². The van der Waals surface area contributed by atoms with E-state index < -0.39 is 5.60 Å². The highest BCUT2D eigenvalue weighted by molar-refractivity contribution is 5.82. The van der Waals surface area contributed by atoms with E-state index in [4.69, 9.17) is 9.72 Å². The fraction of sp³-hybridized carbons (Fsp3) is 0.630. The summed E-state index contributed by atoms with van der Waals surface area (Å²) in [7, 11) is 2.20. The van der Waals surface area contributed by atoms with Gasteiger partial charge < -0.3 is 19.5 Å². The topological polar surface area (TPSA) is 59.4 Å². The lowest BCUT2D eigenvalue weighted by molar-refractivity contribution is -0.136. The number of hydrogen-bond donors (Lipinski definition) is 1. The number of nitrogens with zero attached hydrogens (tertiary/aromatic N) is 3. The zero-order valence-electron chi connectivity index (χ0n) is 19.8. The molecule has 3 aliphatic heterocycles. The molecule has 0 radical (unpaired) electrons. The summed E-state index contributed by atoms with van der Waals surface area (Å²) < 4.78 is 9.21. The van der Waals surface area contributed by atoms with Crippen molar-refractivity contribution in [2.75, 3.05) is 19.6 Å². The summed E-state index contributed by atoms with van der Waals surface area (Å²) in [6.45, 7) is 4.80. The summed E-state index contributed by atoms with van der Waals surface area (Å²) in [6.07, 6.45) is 7.64. The number of nitrogens with one attached hydrogen (secondary N) is 1. The SMILES string of the molecule is C[C@H]1C[C@@H]1C(=O)N1CCC2(CC1)Oc1ccccc1-c1nc(C3CCNC4(CC4)C3)n(C)c12. The zero-order valence-corrected chi connectivity index (χ0v) is 19.8. The van der Waals surface area contributed by atoms with Crippen LogP contribution in [0.15, 0.2) is 24.3 Å². The van der Waals surface area contributed by atoms with Crippen LogP contribution < -0.4 is 10.1 Å². The van der Waals surface area contributed by atoms with E-state index in [1.807, 2.05) is 0 Å². The predicted molar refractivity (Wildman–Crippen MR) is 126 cm³/mol. The van der Waals surface area contributed by atoms with Gasteiger partial charge in [-0.25, -0.2) is 4.98 Å². The van der Waals surface area contributed by atoms with Crippen LogP contribution in [-0.2, 0) is 17.4 Å². The molecule has 1 amide bonds. The molecule has 6 heteroatoms. The fourth-order valence-corrected chi connectivity index (χ4v) is 6.84. The van der Waals surface area contributed by atoms with E-state index in [1.165, 1.54) is 30.8 Å². The summed E-state index contributed by atoms with van der Waals surface area (Å²) in [5, 5.41) is 3.76. The molecule has 2 aromatic rings. The van der Waals surface area contributed by atoms with E-state index in [2.05, 4.69) is 53.0 Å². The standard InChI is InChI=1S/C27H34N4O2/c1-17-15-20(17)25(32)31-13-10-27(11-14-31)23-22(19-5-3-4-6-21(19)33-27)29-24(30(23)2)18-7-12-28-26(16-18)8-9-26/h3-6,17-18,20,28H,7-16H2,1-2H3/t17-,18?,20-/m0/s1. The van der Waals surface area contributed by atoms with E-state index >= 15 is 0 Å². The van der Waals surface area contributed by atoms with E-state index in [1.54, 1.807) is 0 Å². The Hall–Kier alpha value is -2.34. The van der Waals surface area contributed by atoms with Crippen molar-refractivity contribution >= 4 is 5.91 Å². The van der Waals surface area contributed by atoms with Gasteiger partial charge in [-0.3, -0.25) is 4.79 Å². The number of benzene rings is 1. The quantitative estimate of drug-likeness (QED) is 0.759. The van der Waals surface area contributed by atoms with Crippen LogP contribution in [0.25, 0.3) is 11.3 Å². The first-order valence-corrected chi connectivity index (χ1v) is 12.9. The molecule has 2 saturated carbocycles. The molecule has 174 valence electrons. The Kier molecular flexibility index (Phi) is 4.16. The summed E-state index contributed by atoms with van der Waals surface area (Å²) in [4.78, 5) is 20.3. The number of piperidine rings is 2. The highest BCUT2D eigenvalue weighted by Crippen LogP contribution is 2.52. The van der Waals surface area contributed by atoms with Crippen molar-refractivity contribution in [2.45, 2.75) is 68.9 Å². The Balaban J connectivity index is 1.26. The summed E-state index contributed by atoms with van der Waals surface area (Å²) in [6, 6.07) is 8.37. The monoisotopic (exact) mass is 446 g/mol. The van der Waals surface area contributed by atoms with Crippen molar-refractivity contribution in [1.29, 1.82) is 0 Å². The van der Waals surface area contributed by atoms with Gasteiger partial charge in [0, 0.05) is 55.9 Å². The largest absolute Gasteiger partial charge is 0.480 e. The highest BCUT2D eigenvalue weighted by Gasteiger charge is 2.51. The maximum atomic E-state index is 12.9. The van der Waals surface area contributed by atoms with Crippen LogP contribution in [0.5, 0.6) is 5.75 Å². The Morgan fingerprint density at radius 3 is 2.67 bits per heavy atom. The highest BCUT2D eigenvalue weighted by atomic mass is 16.5. The van der Waals surface area contributed by atoms with Gasteiger partial charge in [0.2, 0.25) is 5.91 Å². The van der Waals surface area contributed by atoms with Gasteiger partial charge in [-0.2, -0.15) is 0 Å². The fourth-order valence-electron chi connectivity index (χ4n) is 6.84. The molecule has 0 bridgehead atoms. The zero-order chi connectivity index (χ0) is 22.4. The lowest BCUT2D eigenvalue weighted by Gasteiger charge is -2.44. The van der Waals surface area contributed by atoms with Crippen molar-refractivity contribution in [3.63, 3.8) is 0 Å². The molecule has 33 heavy (non-hydrogen) atoms. The molecule has 6 nitrogen and oxygen atoms in total. The number of aromatic nitrogens is 2. The van der Waals surface area contributed by atoms with E-state index in [0.717, 1.165) is 62.3 Å². The van der Waals surface area contributed by atoms with Gasteiger partial charge in [0.15, 0.2) is 5.60 Å². The molecule has 1 aromatic carbocycles. The number of fused-ring (bicyclic) bond motifs is 4. The minimum Gasteiger partial charge on any atom is -0.480 e. The lowest BCUT2D eigenvalue weighted by Crippen LogP contribution is -2.50. The maximum Gasteiger partial charge on any atom is 0.225 e. The van der Waals surface area contributed by atoms with Crippen LogP contribution in [0.1, 0.15) is 69.3 Å². The second-order valence-electron chi connectivity index (χ2n) is 11.4. The molecule has 2 saturated heterocycles. The van der Waals surface area contributed by atoms with Crippen molar-refractivity contribution in [3.8, 4) is 17.0 Å². The number of rotatable bonds is 2. The molecule has 2 spiro atoms. The normalized spacial score (nSPS) is 30.5. The van der Waals surface area contributed by atoms with Gasteiger partial charge in [-0.1, -0.05) is 19.1 Å². The van der Waals surface area contributed by atoms with Crippen molar-refractivity contribution in [1.82, 2.24) is 19.8 Å². The first-order chi connectivity index (χ1) is 16.0. The van der Waals surface area contributed by atoms with Crippen LogP contribution in [0.3, 0.4) is 0 Å². The molecule has 1 aromatic heterocycles. The molecular weight excluding hydrogens is 412 g/mol. The van der Waals surface area contributed by atoms with Gasteiger partial charge in [-0.05, 0) is 56.7 Å². The molecule has 5 aliphatic rings. The number of ether oxygens (including phenoxy) is 1. The van der Waals surface area contributed by atoms with Crippen molar-refractivity contribution in [3.05, 3.63) is 35.8 Å². The third-order valence-electron chi connectivity index (χ3n) is 9.17. The number of imidazole rings is 1. The first kappa shape index (κ1) is 20.1. The molecule has 2 aliphatic carbocycles. The Morgan fingerprint density at radius 2 is 1.94 bits per heavy atom. The average Bonchev–Trinajstić information content (AvgIpc) is 3.72. The van der Waals surface area contributed by atoms with E-state index in [9.17, 15) is 4.79 Å². The number of para-hydroxylation sites is 1. The summed E-state index contributed by atoms with van der Waals surface area (Å²) >= 11 is 0. The average molecular weight is 447 g/mol. The van der Waals surface area contributed by atoms with Crippen molar-refractivity contribution < 1.29 is 9.53 Å². The van der Waals surface area contributed by atoms with Crippen LogP contribution in [0.2, 0.25) is 0 Å². The number of carbonyl (C=O) groups excluding carboxylic acids is 1. The van der Waals surface area contributed by atoms with E-state index in [0.29, 0.717) is 23.3 Å². The van der Waals surface area contributed by atoms with Gasteiger partial charge >= 0.3 is 0 Å². The second-order valence-corrected chi connectivity index (χ2v) is 11.4. The first-order valence-electron chi connectivity index (χ1n) is 12.9. The number of carbonyl (C=O) groups is 1. The van der Waals surface area contributed by atoms with E-state index in [-0.39, 0.29) is 5.92 Å². The third kappa shape index (κ3) is 3.02. The lowest BCUT2D eigenvalue weighted by atomic mass is 9.83. The van der Waals surface area contributed by atoms with Crippen LogP contribution >= 0.6 is 0 Å². The minimum atomic E-state index is -0.403. The predicted octanol–water partition coefficient (Wildman–Crippen LogP) is 3.95. The summed E-state index contributed by atoms with van der Waals surface area (Å²) in [5.74, 6) is 3.81. The van der Waals surface area contributed by atoms with Gasteiger partial charge in [0.05, 0.1) is 11.4 Å².